The third-order valence-corrected chi connectivity index (χ3v) is 4.75. The molecule has 4 unspecified atom stereocenters. The maximum atomic E-state index is 12.7. The number of hydrogen-bond donors (Lipinski definition) is 2. The molecule has 2 rings (SSSR count). The molecule has 20 heavy (non-hydrogen) atoms. The van der Waals surface area contributed by atoms with Crippen LogP contribution in [-0.4, -0.2) is 63.8 Å². The van der Waals surface area contributed by atoms with E-state index in [1.807, 2.05) is 13.8 Å². The van der Waals surface area contributed by atoms with Crippen LogP contribution in [0.1, 0.15) is 33.1 Å². The number of carbonyl (C=O) groups excluding carboxylic acids is 1. The van der Waals surface area contributed by atoms with Gasteiger partial charge in [0.15, 0.2) is 0 Å². The van der Waals surface area contributed by atoms with E-state index in [0.29, 0.717) is 13.1 Å². The standard InChI is InChI=1S/C14H24N2O4/c1-9-5-7-15(11(9)8-17)14(20)16-6-3-4-10(2)12(16)13(18)19/h9-12,17H,3-8H2,1-2H3,(H,18,19). The van der Waals surface area contributed by atoms with Crippen molar-refractivity contribution in [3.63, 3.8) is 0 Å². The van der Waals surface area contributed by atoms with E-state index in [2.05, 4.69) is 0 Å². The molecule has 2 fully saturated rings. The van der Waals surface area contributed by atoms with Crippen molar-refractivity contribution < 1.29 is 19.8 Å². The summed E-state index contributed by atoms with van der Waals surface area (Å²) < 4.78 is 0. The van der Waals surface area contributed by atoms with Crippen molar-refractivity contribution in [2.24, 2.45) is 11.8 Å². The number of urea groups is 1. The first-order valence-corrected chi connectivity index (χ1v) is 7.38. The van der Waals surface area contributed by atoms with Crippen LogP contribution in [0.2, 0.25) is 0 Å². The first-order chi connectivity index (χ1) is 9.47. The molecule has 0 aromatic heterocycles. The molecule has 2 aliphatic heterocycles. The maximum absolute atomic E-state index is 12.7. The molecule has 2 saturated heterocycles. The summed E-state index contributed by atoms with van der Waals surface area (Å²) in [4.78, 5) is 27.2. The van der Waals surface area contributed by atoms with Gasteiger partial charge in [0.25, 0.3) is 0 Å². The Hall–Kier alpha value is -1.30. The van der Waals surface area contributed by atoms with Crippen molar-refractivity contribution in [3.05, 3.63) is 0 Å². The summed E-state index contributed by atoms with van der Waals surface area (Å²) in [6.45, 7) is 4.93. The number of amides is 2. The molecule has 2 amide bonds. The van der Waals surface area contributed by atoms with Gasteiger partial charge in [0.2, 0.25) is 0 Å². The van der Waals surface area contributed by atoms with Crippen LogP contribution >= 0.6 is 0 Å². The van der Waals surface area contributed by atoms with Crippen LogP contribution in [0.4, 0.5) is 4.79 Å². The van der Waals surface area contributed by atoms with Gasteiger partial charge in [0.05, 0.1) is 12.6 Å². The molecule has 114 valence electrons. The van der Waals surface area contributed by atoms with Gasteiger partial charge in [-0.1, -0.05) is 13.8 Å². The molecule has 2 N–H and O–H groups in total. The summed E-state index contributed by atoms with van der Waals surface area (Å²) in [6.07, 6.45) is 2.53. The van der Waals surface area contributed by atoms with Gasteiger partial charge in [0.1, 0.15) is 6.04 Å². The Labute approximate surface area is 119 Å². The normalized spacial score (nSPS) is 34.4. The number of carboxylic acid groups (broad SMARTS) is 1. The number of aliphatic hydroxyl groups excluding tert-OH is 1. The highest BCUT2D eigenvalue weighted by molar-refractivity contribution is 5.83. The predicted octanol–water partition coefficient (Wildman–Crippen LogP) is 0.994. The Balaban J connectivity index is 2.16. The van der Waals surface area contributed by atoms with Gasteiger partial charge in [-0.25, -0.2) is 9.59 Å². The first-order valence-electron chi connectivity index (χ1n) is 7.38. The van der Waals surface area contributed by atoms with Crippen LogP contribution in [0.5, 0.6) is 0 Å². The molecule has 6 nitrogen and oxygen atoms in total. The summed E-state index contributed by atoms with van der Waals surface area (Å²) in [5.74, 6) is -0.703. The highest BCUT2D eigenvalue weighted by Gasteiger charge is 2.42. The van der Waals surface area contributed by atoms with E-state index in [1.54, 1.807) is 4.90 Å². The molecule has 0 aliphatic carbocycles. The van der Waals surface area contributed by atoms with Crippen molar-refractivity contribution in [1.82, 2.24) is 9.80 Å². The molecule has 0 bridgehead atoms. The summed E-state index contributed by atoms with van der Waals surface area (Å²) in [7, 11) is 0. The van der Waals surface area contributed by atoms with Crippen LogP contribution in [-0.2, 0) is 4.79 Å². The fourth-order valence-electron chi connectivity index (χ4n) is 3.47. The lowest BCUT2D eigenvalue weighted by atomic mass is 9.91. The Morgan fingerprint density at radius 1 is 1.10 bits per heavy atom. The van der Waals surface area contributed by atoms with Crippen LogP contribution in [0.25, 0.3) is 0 Å². The van der Waals surface area contributed by atoms with Crippen molar-refractivity contribution in [1.29, 1.82) is 0 Å². The third-order valence-electron chi connectivity index (χ3n) is 4.75. The second-order valence-corrected chi connectivity index (χ2v) is 6.09. The van der Waals surface area contributed by atoms with E-state index in [-0.39, 0.29) is 30.5 Å². The van der Waals surface area contributed by atoms with Crippen LogP contribution in [0, 0.1) is 11.8 Å². The molecule has 4 atom stereocenters. The first kappa shape index (κ1) is 15.1. The molecule has 0 saturated carbocycles. The molecule has 0 aromatic carbocycles. The Morgan fingerprint density at radius 3 is 2.40 bits per heavy atom. The average Bonchev–Trinajstić information content (AvgIpc) is 2.78. The topological polar surface area (TPSA) is 81.1 Å². The lowest BCUT2D eigenvalue weighted by molar-refractivity contribution is -0.145. The van der Waals surface area contributed by atoms with Crippen LogP contribution < -0.4 is 0 Å². The number of likely N-dealkylation sites (tertiary alicyclic amines) is 2. The molecular formula is C14H24N2O4. The summed E-state index contributed by atoms with van der Waals surface area (Å²) in [6, 6.07) is -1.16. The van der Waals surface area contributed by atoms with Gasteiger partial charge in [-0.2, -0.15) is 0 Å². The SMILES string of the molecule is CC1CCN(C(=O)N2CCCC(C)C2C(=O)O)C1CO. The van der Waals surface area contributed by atoms with Crippen molar-refractivity contribution in [2.45, 2.75) is 45.2 Å². The van der Waals surface area contributed by atoms with E-state index < -0.39 is 12.0 Å². The maximum Gasteiger partial charge on any atom is 0.326 e. The van der Waals surface area contributed by atoms with Gasteiger partial charge < -0.3 is 20.0 Å². The minimum atomic E-state index is -0.932. The van der Waals surface area contributed by atoms with Crippen molar-refractivity contribution in [3.8, 4) is 0 Å². The summed E-state index contributed by atoms with van der Waals surface area (Å²) in [5, 5.41) is 18.8. The largest absolute Gasteiger partial charge is 0.480 e. The highest BCUT2D eigenvalue weighted by atomic mass is 16.4. The predicted molar refractivity (Wildman–Crippen MR) is 73.3 cm³/mol. The molecule has 6 heteroatoms. The molecule has 2 heterocycles. The van der Waals surface area contributed by atoms with Gasteiger partial charge in [-0.15, -0.1) is 0 Å². The monoisotopic (exact) mass is 284 g/mol. The second-order valence-electron chi connectivity index (χ2n) is 6.09. The summed E-state index contributed by atoms with van der Waals surface area (Å²) >= 11 is 0. The number of carboxylic acids is 1. The Bertz CT molecular complexity index is 387. The Kier molecular flexibility index (Phi) is 4.52. The molecule has 0 radical (unpaired) electrons. The highest BCUT2D eigenvalue weighted by Crippen LogP contribution is 2.29. The second kappa shape index (κ2) is 5.99. The fraction of sp³-hybridized carbons (Fsp3) is 0.857. The van der Waals surface area contributed by atoms with E-state index >= 15 is 0 Å². The minimum Gasteiger partial charge on any atom is -0.480 e. The van der Waals surface area contributed by atoms with Gasteiger partial charge in [-0.3, -0.25) is 0 Å². The number of hydrogen-bond acceptors (Lipinski definition) is 3. The lowest BCUT2D eigenvalue weighted by Gasteiger charge is -2.40. The summed E-state index contributed by atoms with van der Waals surface area (Å²) in [5.41, 5.74) is 0. The van der Waals surface area contributed by atoms with E-state index in [0.717, 1.165) is 19.3 Å². The third kappa shape index (κ3) is 2.61. The van der Waals surface area contributed by atoms with Crippen LogP contribution in [0.3, 0.4) is 0 Å². The van der Waals surface area contributed by atoms with Gasteiger partial charge in [-0.05, 0) is 31.1 Å². The lowest BCUT2D eigenvalue weighted by Crippen LogP contribution is -2.57. The smallest absolute Gasteiger partial charge is 0.326 e. The Morgan fingerprint density at radius 2 is 1.80 bits per heavy atom. The number of aliphatic carboxylic acids is 1. The molecule has 2 aliphatic rings. The number of nitrogens with zero attached hydrogens (tertiary/aromatic N) is 2. The zero-order valence-electron chi connectivity index (χ0n) is 12.2. The fourth-order valence-corrected chi connectivity index (χ4v) is 3.47. The van der Waals surface area contributed by atoms with Gasteiger partial charge >= 0.3 is 12.0 Å². The zero-order valence-corrected chi connectivity index (χ0v) is 12.2. The van der Waals surface area contributed by atoms with Crippen molar-refractivity contribution in [2.75, 3.05) is 19.7 Å². The van der Waals surface area contributed by atoms with E-state index in [4.69, 9.17) is 0 Å². The minimum absolute atomic E-state index is 0.0298. The van der Waals surface area contributed by atoms with Gasteiger partial charge in [0, 0.05) is 13.1 Å². The molecule has 0 aromatic rings. The van der Waals surface area contributed by atoms with E-state index in [1.165, 1.54) is 4.90 Å². The number of aliphatic hydroxyl groups is 1. The van der Waals surface area contributed by atoms with Crippen molar-refractivity contribution >= 4 is 12.0 Å². The van der Waals surface area contributed by atoms with Crippen LogP contribution in [0.15, 0.2) is 0 Å². The number of rotatable bonds is 2. The average molecular weight is 284 g/mol. The molecule has 0 spiro atoms. The van der Waals surface area contributed by atoms with E-state index in [9.17, 15) is 19.8 Å². The number of piperidine rings is 1. The zero-order chi connectivity index (χ0) is 14.9. The number of carbonyl (C=O) groups is 2. The quantitative estimate of drug-likeness (QED) is 0.792. The molecular weight excluding hydrogens is 260 g/mol.